The maximum atomic E-state index is 12.1. The minimum Gasteiger partial charge on any atom is -0.346 e. The van der Waals surface area contributed by atoms with Crippen LogP contribution >= 0.6 is 0 Å². The summed E-state index contributed by atoms with van der Waals surface area (Å²) in [5, 5.41) is 0. The molecule has 1 aliphatic rings. The summed E-state index contributed by atoms with van der Waals surface area (Å²) < 4.78 is 0. The molecule has 0 heterocycles. The van der Waals surface area contributed by atoms with Crippen molar-refractivity contribution in [3.05, 3.63) is 0 Å². The molecule has 4 nitrogen and oxygen atoms in total. The summed E-state index contributed by atoms with van der Waals surface area (Å²) in [6.07, 6.45) is 6.56. The van der Waals surface area contributed by atoms with Crippen molar-refractivity contribution in [2.75, 3.05) is 40.8 Å². The highest BCUT2D eigenvalue weighted by Crippen LogP contribution is 2.30. The molecule has 2 N–H and O–H groups in total. The zero-order valence-electron chi connectivity index (χ0n) is 12.9. The van der Waals surface area contributed by atoms with Crippen LogP contribution in [0.5, 0.6) is 0 Å². The van der Waals surface area contributed by atoms with E-state index in [4.69, 9.17) is 5.73 Å². The molecule has 1 rings (SSSR count). The summed E-state index contributed by atoms with van der Waals surface area (Å²) in [7, 11) is 6.07. The maximum absolute atomic E-state index is 12.1. The fourth-order valence-electron chi connectivity index (χ4n) is 2.82. The zero-order chi connectivity index (χ0) is 14.3. The molecule has 1 fully saturated rings. The predicted octanol–water partition coefficient (Wildman–Crippen LogP) is 1.55. The Morgan fingerprint density at radius 2 is 1.63 bits per heavy atom. The Bertz CT molecular complexity index is 260. The molecular weight excluding hydrogens is 238 g/mol. The molecule has 0 unspecified atom stereocenters. The lowest BCUT2D eigenvalue weighted by atomic mass is 9.80. The van der Waals surface area contributed by atoms with E-state index in [2.05, 4.69) is 19.0 Å². The molecule has 0 radical (unpaired) electrons. The van der Waals surface area contributed by atoms with Crippen molar-refractivity contribution < 1.29 is 4.79 Å². The fourth-order valence-corrected chi connectivity index (χ4v) is 2.82. The van der Waals surface area contributed by atoms with E-state index in [0.717, 1.165) is 32.5 Å². The van der Waals surface area contributed by atoms with Crippen molar-refractivity contribution >= 4 is 5.91 Å². The molecule has 0 spiro atoms. The molecule has 0 bridgehead atoms. The van der Waals surface area contributed by atoms with Crippen LogP contribution in [-0.2, 0) is 4.79 Å². The van der Waals surface area contributed by atoms with E-state index in [-0.39, 0.29) is 0 Å². The molecule has 19 heavy (non-hydrogen) atoms. The smallest absolute Gasteiger partial charge is 0.222 e. The molecule has 112 valence electrons. The number of nitrogens with two attached hydrogens (primary N) is 1. The van der Waals surface area contributed by atoms with Gasteiger partial charge in [-0.2, -0.15) is 0 Å². The van der Waals surface area contributed by atoms with Gasteiger partial charge >= 0.3 is 0 Å². The van der Waals surface area contributed by atoms with Gasteiger partial charge in [0.15, 0.2) is 0 Å². The van der Waals surface area contributed by atoms with Gasteiger partial charge in [0.1, 0.15) is 0 Å². The van der Waals surface area contributed by atoms with Gasteiger partial charge in [-0.15, -0.1) is 0 Å². The second-order valence-corrected chi connectivity index (χ2v) is 6.30. The molecular formula is C15H31N3O. The van der Waals surface area contributed by atoms with E-state index in [1.165, 1.54) is 25.7 Å². The fraction of sp³-hybridized carbons (Fsp3) is 0.933. The molecule has 0 aromatic carbocycles. The molecule has 0 atom stereocenters. The first-order valence-corrected chi connectivity index (χ1v) is 7.61. The zero-order valence-corrected chi connectivity index (χ0v) is 12.9. The van der Waals surface area contributed by atoms with Crippen LogP contribution in [0.3, 0.4) is 0 Å². The summed E-state index contributed by atoms with van der Waals surface area (Å²) in [6.45, 7) is 2.72. The van der Waals surface area contributed by atoms with Crippen LogP contribution in [-0.4, -0.2) is 56.5 Å². The van der Waals surface area contributed by atoms with E-state index in [0.29, 0.717) is 17.7 Å². The van der Waals surface area contributed by atoms with Gasteiger partial charge in [0.25, 0.3) is 0 Å². The van der Waals surface area contributed by atoms with Crippen LogP contribution in [0, 0.1) is 11.8 Å². The van der Waals surface area contributed by atoms with Gasteiger partial charge in [-0.1, -0.05) is 0 Å². The van der Waals surface area contributed by atoms with E-state index in [1.807, 2.05) is 11.9 Å². The van der Waals surface area contributed by atoms with Crippen molar-refractivity contribution in [3.63, 3.8) is 0 Å². The average Bonchev–Trinajstić information content (AvgIpc) is 2.39. The molecule has 1 aliphatic carbocycles. The van der Waals surface area contributed by atoms with E-state index in [9.17, 15) is 4.79 Å². The minimum atomic E-state index is 0.315. The van der Waals surface area contributed by atoms with Gasteiger partial charge in [-0.05, 0) is 71.1 Å². The van der Waals surface area contributed by atoms with E-state index in [1.54, 1.807) is 0 Å². The van der Waals surface area contributed by atoms with Gasteiger partial charge in [0, 0.05) is 20.0 Å². The van der Waals surface area contributed by atoms with Crippen LogP contribution < -0.4 is 5.73 Å². The van der Waals surface area contributed by atoms with Crippen LogP contribution in [0.2, 0.25) is 0 Å². The third-order valence-corrected chi connectivity index (χ3v) is 4.29. The molecule has 1 saturated carbocycles. The number of hydrogen-bond donors (Lipinski definition) is 1. The molecule has 4 heteroatoms. The number of rotatable bonds is 7. The SMILES string of the molecule is CN(C)CCCN(C)C(=O)CC1CCC(CN)CC1. The second kappa shape index (κ2) is 8.54. The molecule has 0 aliphatic heterocycles. The quantitative estimate of drug-likeness (QED) is 0.763. The number of carbonyl (C=O) groups is 1. The monoisotopic (exact) mass is 269 g/mol. The van der Waals surface area contributed by atoms with Crippen LogP contribution in [0.15, 0.2) is 0 Å². The summed E-state index contributed by atoms with van der Waals surface area (Å²) in [4.78, 5) is 16.2. The number of amides is 1. The highest BCUT2D eigenvalue weighted by molar-refractivity contribution is 5.76. The molecule has 1 amide bonds. The first-order valence-electron chi connectivity index (χ1n) is 7.61. The Morgan fingerprint density at radius 1 is 1.05 bits per heavy atom. The van der Waals surface area contributed by atoms with Crippen LogP contribution in [0.25, 0.3) is 0 Å². The third-order valence-electron chi connectivity index (χ3n) is 4.29. The third kappa shape index (κ3) is 6.39. The Morgan fingerprint density at radius 3 is 2.16 bits per heavy atom. The molecule has 0 aromatic heterocycles. The lowest BCUT2D eigenvalue weighted by Gasteiger charge is -2.28. The van der Waals surface area contributed by atoms with Crippen molar-refractivity contribution in [2.24, 2.45) is 17.6 Å². The predicted molar refractivity (Wildman–Crippen MR) is 79.9 cm³/mol. The second-order valence-electron chi connectivity index (χ2n) is 6.30. The molecule has 0 aromatic rings. The Kier molecular flexibility index (Phi) is 7.39. The summed E-state index contributed by atoms with van der Waals surface area (Å²) in [5.41, 5.74) is 5.70. The maximum Gasteiger partial charge on any atom is 0.222 e. The first kappa shape index (κ1) is 16.4. The lowest BCUT2D eigenvalue weighted by molar-refractivity contribution is -0.131. The summed E-state index contributed by atoms with van der Waals surface area (Å²) >= 11 is 0. The van der Waals surface area contributed by atoms with E-state index < -0.39 is 0 Å². The van der Waals surface area contributed by atoms with Gasteiger partial charge in [0.05, 0.1) is 0 Å². The Hall–Kier alpha value is -0.610. The van der Waals surface area contributed by atoms with Crippen molar-refractivity contribution in [1.82, 2.24) is 9.80 Å². The van der Waals surface area contributed by atoms with Crippen LogP contribution in [0.4, 0.5) is 0 Å². The highest BCUT2D eigenvalue weighted by Gasteiger charge is 2.23. The average molecular weight is 269 g/mol. The van der Waals surface area contributed by atoms with Gasteiger partial charge < -0.3 is 15.5 Å². The number of hydrogen-bond acceptors (Lipinski definition) is 3. The van der Waals surface area contributed by atoms with Crippen molar-refractivity contribution in [1.29, 1.82) is 0 Å². The number of carbonyl (C=O) groups excluding carboxylic acids is 1. The summed E-state index contributed by atoms with van der Waals surface area (Å²) in [5.74, 6) is 1.60. The normalized spacial score (nSPS) is 23.6. The Labute approximate surface area is 118 Å². The van der Waals surface area contributed by atoms with Crippen molar-refractivity contribution in [3.8, 4) is 0 Å². The topological polar surface area (TPSA) is 49.6 Å². The lowest BCUT2D eigenvalue weighted by Crippen LogP contribution is -2.32. The summed E-state index contributed by atoms with van der Waals surface area (Å²) in [6, 6.07) is 0. The molecule has 0 saturated heterocycles. The standard InChI is InChI=1S/C15H31N3O/c1-17(2)9-4-10-18(3)15(19)11-13-5-7-14(12-16)8-6-13/h13-14H,4-12,16H2,1-3H3. The number of nitrogens with zero attached hydrogens (tertiary/aromatic N) is 2. The minimum absolute atomic E-state index is 0.315. The van der Waals surface area contributed by atoms with E-state index >= 15 is 0 Å². The van der Waals surface area contributed by atoms with Gasteiger partial charge in [-0.3, -0.25) is 4.79 Å². The van der Waals surface area contributed by atoms with Crippen LogP contribution in [0.1, 0.15) is 38.5 Å². The van der Waals surface area contributed by atoms with Gasteiger partial charge in [0.2, 0.25) is 5.91 Å². The Balaban J connectivity index is 2.19. The van der Waals surface area contributed by atoms with Crippen molar-refractivity contribution in [2.45, 2.75) is 38.5 Å². The largest absolute Gasteiger partial charge is 0.346 e. The first-order chi connectivity index (χ1) is 9.02. The highest BCUT2D eigenvalue weighted by atomic mass is 16.2. The van der Waals surface area contributed by atoms with Gasteiger partial charge in [-0.25, -0.2) is 0 Å².